The predicted octanol–water partition coefficient (Wildman–Crippen LogP) is 10.8. The smallest absolute Gasteiger partial charge is 0.268 e. The van der Waals surface area contributed by atoms with E-state index in [0.717, 1.165) is 57.8 Å². The molecule has 4 N–H and O–H groups in total. The molecule has 0 aliphatic heterocycles. The minimum Gasteiger partial charge on any atom is -0.383 e. The number of fused-ring (bicyclic) bond motifs is 2. The summed E-state index contributed by atoms with van der Waals surface area (Å²) in [5, 5.41) is 31.3. The van der Waals surface area contributed by atoms with E-state index in [1.807, 2.05) is 36.4 Å². The van der Waals surface area contributed by atoms with Gasteiger partial charge in [0.2, 0.25) is 12.4 Å². The van der Waals surface area contributed by atoms with Gasteiger partial charge >= 0.3 is 0 Å². The van der Waals surface area contributed by atoms with Crippen molar-refractivity contribution >= 4 is 56.4 Å². The molecule has 4 rings (SSSR count). The molecule has 2 aromatic carbocycles. The number of unbranched alkanes of at least 4 members (excludes halogenated alkanes) is 12. The van der Waals surface area contributed by atoms with Crippen LogP contribution in [0, 0.1) is 0 Å². The second kappa shape index (κ2) is 22.0. The molecule has 0 atom stereocenters. The molecule has 0 radical (unpaired) electrons. The Kier molecular flexibility index (Phi) is 17.5. The first-order chi connectivity index (χ1) is 24.4. The second-order valence-electron chi connectivity index (χ2n) is 13.8. The molecule has 7 nitrogen and oxygen atoms in total. The largest absolute Gasteiger partial charge is 0.383 e. The van der Waals surface area contributed by atoms with Crippen molar-refractivity contribution in [2.24, 2.45) is 0 Å². The average molecular weight is 727 g/mol. The summed E-state index contributed by atoms with van der Waals surface area (Å²) in [5.41, 5.74) is 3.34. The van der Waals surface area contributed by atoms with Gasteiger partial charge in [0, 0.05) is 76.0 Å². The molecule has 4 aromatic rings. The normalized spacial score (nSPS) is 11.7. The van der Waals surface area contributed by atoms with Gasteiger partial charge < -0.3 is 10.6 Å². The maximum absolute atomic E-state index is 10.4. The standard InChI is InChI=1S/C41H59Cl2N5O2/c1-3-5-7-9-11-13-15-17-35(18-16-14-12-10-8-6-4-2)46(29-25-44-38-23-27-47(49)40-31-33(42)19-21-36(38)40)30-26-45-39-24-28-48(50)41-32-34(43)20-22-37(39)41/h19-24,27-28,31-32,35,49-50H,3-18,25-26,29-30H2,1-2H3/p+2. The lowest BCUT2D eigenvalue weighted by atomic mass is 9.98. The maximum Gasteiger partial charge on any atom is 0.268 e. The van der Waals surface area contributed by atoms with Crippen LogP contribution in [0.3, 0.4) is 0 Å². The minimum atomic E-state index is 0.515. The van der Waals surface area contributed by atoms with Crippen molar-refractivity contribution in [1.82, 2.24) is 4.90 Å². The molecule has 0 bridgehead atoms. The van der Waals surface area contributed by atoms with Gasteiger partial charge in [0.05, 0.1) is 22.1 Å². The summed E-state index contributed by atoms with van der Waals surface area (Å²) in [7, 11) is 0. The molecule has 50 heavy (non-hydrogen) atoms. The minimum absolute atomic E-state index is 0.515. The molecule has 274 valence electrons. The third-order valence-electron chi connectivity index (χ3n) is 9.99. The Balaban J connectivity index is 1.46. The molecule has 0 saturated carbocycles. The molecule has 0 saturated heterocycles. The lowest BCUT2D eigenvalue weighted by Gasteiger charge is -2.33. The number of aromatic nitrogens is 2. The molecule has 0 fully saturated rings. The van der Waals surface area contributed by atoms with E-state index in [2.05, 4.69) is 29.4 Å². The number of pyridine rings is 2. The Morgan fingerprint density at radius 2 is 0.980 bits per heavy atom. The van der Waals surface area contributed by atoms with Crippen LogP contribution in [0.15, 0.2) is 60.9 Å². The van der Waals surface area contributed by atoms with Gasteiger partial charge in [0.25, 0.3) is 11.0 Å². The Labute approximate surface area is 310 Å². The number of anilines is 2. The predicted molar refractivity (Wildman–Crippen MR) is 210 cm³/mol. The molecular weight excluding hydrogens is 665 g/mol. The van der Waals surface area contributed by atoms with Crippen molar-refractivity contribution in [3.8, 4) is 0 Å². The summed E-state index contributed by atoms with van der Waals surface area (Å²) < 4.78 is 2.26. The fourth-order valence-electron chi connectivity index (χ4n) is 7.11. The lowest BCUT2D eigenvalue weighted by molar-refractivity contribution is -0.884. The summed E-state index contributed by atoms with van der Waals surface area (Å²) in [6, 6.07) is 15.6. The van der Waals surface area contributed by atoms with E-state index in [1.165, 1.54) is 103 Å². The third-order valence-corrected chi connectivity index (χ3v) is 10.5. The van der Waals surface area contributed by atoms with Crippen LogP contribution in [-0.2, 0) is 0 Å². The molecule has 0 aliphatic rings. The summed E-state index contributed by atoms with van der Waals surface area (Å²) in [6.45, 7) is 7.95. The Morgan fingerprint density at radius 1 is 0.580 bits per heavy atom. The summed E-state index contributed by atoms with van der Waals surface area (Å²) in [5.74, 6) is 0. The number of benzene rings is 2. The van der Waals surface area contributed by atoms with Crippen molar-refractivity contribution in [3.05, 3.63) is 71.0 Å². The van der Waals surface area contributed by atoms with Crippen molar-refractivity contribution in [2.75, 3.05) is 36.8 Å². The number of halogens is 2. The first-order valence-corrected chi connectivity index (χ1v) is 20.0. The number of nitrogens with one attached hydrogen (secondary N) is 2. The van der Waals surface area contributed by atoms with Crippen molar-refractivity contribution in [2.45, 2.75) is 123 Å². The van der Waals surface area contributed by atoms with E-state index in [-0.39, 0.29) is 0 Å². The van der Waals surface area contributed by atoms with Gasteiger partial charge in [-0.3, -0.25) is 15.3 Å². The van der Waals surface area contributed by atoms with E-state index in [0.29, 0.717) is 27.1 Å². The van der Waals surface area contributed by atoms with Crippen molar-refractivity contribution < 1.29 is 19.9 Å². The number of nitrogens with zero attached hydrogens (tertiary/aromatic N) is 3. The molecule has 9 heteroatoms. The van der Waals surface area contributed by atoms with Gasteiger partial charge in [-0.1, -0.05) is 127 Å². The highest BCUT2D eigenvalue weighted by Gasteiger charge is 2.20. The topological polar surface area (TPSA) is 75.5 Å². The van der Waals surface area contributed by atoms with E-state index in [1.54, 1.807) is 24.5 Å². The summed E-state index contributed by atoms with van der Waals surface area (Å²) >= 11 is 12.5. The van der Waals surface area contributed by atoms with Crippen LogP contribution in [0.25, 0.3) is 21.8 Å². The molecule has 2 aromatic heterocycles. The molecule has 0 amide bonds. The van der Waals surface area contributed by atoms with Crippen LogP contribution in [0.5, 0.6) is 0 Å². The van der Waals surface area contributed by atoms with Crippen LogP contribution >= 0.6 is 23.2 Å². The van der Waals surface area contributed by atoms with E-state index in [9.17, 15) is 10.4 Å². The zero-order valence-electron chi connectivity index (χ0n) is 30.5. The molecular formula is C41H61Cl2N5O2+2. The van der Waals surface area contributed by atoms with Gasteiger partial charge in [-0.05, 0) is 37.1 Å². The average Bonchev–Trinajstić information content (AvgIpc) is 3.11. The highest BCUT2D eigenvalue weighted by molar-refractivity contribution is 6.31. The fraction of sp³-hybridized carbons (Fsp3) is 0.561. The Bertz CT molecular complexity index is 1470. The zero-order chi connectivity index (χ0) is 35.6. The SMILES string of the molecule is CCCCCCCCCC(CCCCCCCCC)N(CCNc1cc[n+](O)c2cc(Cl)ccc12)CCNc1cc[n+](O)c2cc(Cl)ccc12. The van der Waals surface area contributed by atoms with Gasteiger partial charge in [-0.25, -0.2) is 0 Å². The Morgan fingerprint density at radius 3 is 1.40 bits per heavy atom. The molecule has 0 unspecified atom stereocenters. The highest BCUT2D eigenvalue weighted by Crippen LogP contribution is 2.26. The van der Waals surface area contributed by atoms with Crippen LogP contribution < -0.4 is 20.1 Å². The maximum atomic E-state index is 10.4. The van der Waals surface area contributed by atoms with Crippen LogP contribution in [0.4, 0.5) is 11.4 Å². The number of rotatable bonds is 25. The summed E-state index contributed by atoms with van der Waals surface area (Å²) in [6.07, 6.45) is 24.3. The van der Waals surface area contributed by atoms with Crippen LogP contribution in [0.1, 0.15) is 117 Å². The van der Waals surface area contributed by atoms with Crippen LogP contribution in [-0.4, -0.2) is 47.5 Å². The van der Waals surface area contributed by atoms with E-state index >= 15 is 0 Å². The van der Waals surface area contributed by atoms with Gasteiger partial charge in [0.1, 0.15) is 0 Å². The van der Waals surface area contributed by atoms with Gasteiger partial charge in [0.15, 0.2) is 0 Å². The first kappa shape index (κ1) is 39.8. The highest BCUT2D eigenvalue weighted by atomic mass is 35.5. The molecule has 0 spiro atoms. The third kappa shape index (κ3) is 12.6. The van der Waals surface area contributed by atoms with E-state index in [4.69, 9.17) is 23.2 Å². The lowest BCUT2D eigenvalue weighted by Crippen LogP contribution is -2.41. The second-order valence-corrected chi connectivity index (χ2v) is 14.7. The van der Waals surface area contributed by atoms with Crippen LogP contribution in [0.2, 0.25) is 10.0 Å². The Hall–Kier alpha value is -3.00. The quantitative estimate of drug-likeness (QED) is 0.0311. The molecule has 0 aliphatic carbocycles. The van der Waals surface area contributed by atoms with Gasteiger partial charge in [-0.2, -0.15) is 0 Å². The monoisotopic (exact) mass is 725 g/mol. The van der Waals surface area contributed by atoms with Crippen molar-refractivity contribution in [3.63, 3.8) is 0 Å². The van der Waals surface area contributed by atoms with Crippen molar-refractivity contribution in [1.29, 1.82) is 0 Å². The number of hydrogen-bond acceptors (Lipinski definition) is 5. The fourth-order valence-corrected chi connectivity index (χ4v) is 7.44. The van der Waals surface area contributed by atoms with E-state index < -0.39 is 0 Å². The van der Waals surface area contributed by atoms with Gasteiger partial charge in [-0.15, -0.1) is 0 Å². The summed E-state index contributed by atoms with van der Waals surface area (Å²) in [4.78, 5) is 2.69. The first-order valence-electron chi connectivity index (χ1n) is 19.3. The molecule has 2 heterocycles. The number of hydrogen-bond donors (Lipinski definition) is 4. The zero-order valence-corrected chi connectivity index (χ0v) is 32.0.